The predicted octanol–water partition coefficient (Wildman–Crippen LogP) is 5.35. The van der Waals surface area contributed by atoms with E-state index in [-0.39, 0.29) is 11.7 Å². The third-order valence-electron chi connectivity index (χ3n) is 6.02. The Morgan fingerprint density at radius 3 is 2.46 bits per heavy atom. The summed E-state index contributed by atoms with van der Waals surface area (Å²) in [7, 11) is 0. The van der Waals surface area contributed by atoms with Gasteiger partial charge in [-0.05, 0) is 66.6 Å². The Morgan fingerprint density at radius 2 is 1.83 bits per heavy atom. The molecule has 1 aliphatic rings. The standard InChI is InChI=1S/C26H27F3N4O2/c1-3-32-11-13-33(14-12-32)24-10-7-20(17-30-24)25(34)31-21-6-4-5-19(16-21)23-9-8-22(15-18(23)2)35-26(27,28)29/h4-10,15-17H,3,11-14H2,1-2H3,(H,31,34). The maximum absolute atomic E-state index is 12.8. The van der Waals surface area contributed by atoms with E-state index in [1.54, 1.807) is 43.5 Å². The molecule has 0 atom stereocenters. The zero-order chi connectivity index (χ0) is 25.0. The van der Waals surface area contributed by atoms with Crippen LogP contribution in [0.5, 0.6) is 5.75 Å². The summed E-state index contributed by atoms with van der Waals surface area (Å²) in [6, 6.07) is 14.9. The molecule has 2 aromatic carbocycles. The SMILES string of the molecule is CCN1CCN(c2ccc(C(=O)Nc3cccc(-c4ccc(OC(F)(F)F)cc4C)c3)cn2)CC1. The zero-order valence-corrected chi connectivity index (χ0v) is 19.6. The minimum atomic E-state index is -4.74. The Balaban J connectivity index is 1.43. The summed E-state index contributed by atoms with van der Waals surface area (Å²) in [5.74, 6) is 0.293. The highest BCUT2D eigenvalue weighted by molar-refractivity contribution is 6.04. The maximum atomic E-state index is 12.8. The third kappa shape index (κ3) is 6.30. The molecule has 9 heteroatoms. The summed E-state index contributed by atoms with van der Waals surface area (Å²) < 4.78 is 41.4. The molecule has 0 radical (unpaired) electrons. The Bertz CT molecular complexity index is 1170. The lowest BCUT2D eigenvalue weighted by Crippen LogP contribution is -2.46. The highest BCUT2D eigenvalue weighted by Gasteiger charge is 2.31. The van der Waals surface area contributed by atoms with Crippen molar-refractivity contribution in [1.29, 1.82) is 0 Å². The van der Waals surface area contributed by atoms with Crippen molar-refractivity contribution in [2.24, 2.45) is 0 Å². The molecular formula is C26H27F3N4O2. The second kappa shape index (κ2) is 10.4. The average Bonchev–Trinajstić information content (AvgIpc) is 2.83. The molecule has 1 fully saturated rings. The van der Waals surface area contributed by atoms with E-state index in [0.717, 1.165) is 49.7 Å². The van der Waals surface area contributed by atoms with Gasteiger partial charge < -0.3 is 19.9 Å². The van der Waals surface area contributed by atoms with Gasteiger partial charge in [-0.3, -0.25) is 4.79 Å². The third-order valence-corrected chi connectivity index (χ3v) is 6.02. The monoisotopic (exact) mass is 484 g/mol. The highest BCUT2D eigenvalue weighted by atomic mass is 19.4. The van der Waals surface area contributed by atoms with E-state index in [1.807, 2.05) is 12.1 Å². The molecule has 0 aliphatic carbocycles. The van der Waals surface area contributed by atoms with Gasteiger partial charge >= 0.3 is 6.36 Å². The molecule has 0 bridgehead atoms. The van der Waals surface area contributed by atoms with Crippen molar-refractivity contribution in [3.63, 3.8) is 0 Å². The van der Waals surface area contributed by atoms with Gasteiger partial charge in [0, 0.05) is 38.1 Å². The van der Waals surface area contributed by atoms with Gasteiger partial charge in [0.15, 0.2) is 0 Å². The van der Waals surface area contributed by atoms with Crippen molar-refractivity contribution in [1.82, 2.24) is 9.88 Å². The van der Waals surface area contributed by atoms with Gasteiger partial charge in [-0.25, -0.2) is 4.98 Å². The first-order valence-electron chi connectivity index (χ1n) is 11.4. The number of pyridine rings is 1. The van der Waals surface area contributed by atoms with Gasteiger partial charge in [-0.2, -0.15) is 0 Å². The second-order valence-corrected chi connectivity index (χ2v) is 8.39. The number of rotatable bonds is 6. The number of nitrogens with zero attached hydrogens (tertiary/aromatic N) is 3. The number of nitrogens with one attached hydrogen (secondary N) is 1. The first kappa shape index (κ1) is 24.5. The Labute approximate surface area is 202 Å². The van der Waals surface area contributed by atoms with Gasteiger partial charge in [0.05, 0.1) is 5.56 Å². The van der Waals surface area contributed by atoms with Crippen LogP contribution in [0.4, 0.5) is 24.7 Å². The fourth-order valence-electron chi connectivity index (χ4n) is 4.13. The molecule has 1 aromatic heterocycles. The highest BCUT2D eigenvalue weighted by Crippen LogP contribution is 2.31. The smallest absolute Gasteiger partial charge is 0.406 e. The van der Waals surface area contributed by atoms with E-state index in [9.17, 15) is 18.0 Å². The van der Waals surface area contributed by atoms with Crippen molar-refractivity contribution in [2.45, 2.75) is 20.2 Å². The molecule has 1 amide bonds. The van der Waals surface area contributed by atoms with Crippen LogP contribution in [0.3, 0.4) is 0 Å². The number of amides is 1. The fraction of sp³-hybridized carbons (Fsp3) is 0.308. The minimum absolute atomic E-state index is 0.272. The molecule has 1 aliphatic heterocycles. The number of likely N-dealkylation sites (N-methyl/N-ethyl adjacent to an activating group) is 1. The number of benzene rings is 2. The molecule has 4 rings (SSSR count). The number of carbonyl (C=O) groups is 1. The van der Waals surface area contributed by atoms with E-state index in [2.05, 4.69) is 31.8 Å². The Hall–Kier alpha value is -3.59. The zero-order valence-electron chi connectivity index (χ0n) is 19.6. The van der Waals surface area contributed by atoms with Crippen LogP contribution < -0.4 is 15.0 Å². The minimum Gasteiger partial charge on any atom is -0.406 e. The van der Waals surface area contributed by atoms with Crippen LogP contribution in [0.15, 0.2) is 60.8 Å². The number of hydrogen-bond acceptors (Lipinski definition) is 5. The maximum Gasteiger partial charge on any atom is 0.573 e. The number of anilines is 2. The number of hydrogen-bond donors (Lipinski definition) is 1. The van der Waals surface area contributed by atoms with Crippen molar-refractivity contribution in [2.75, 3.05) is 42.9 Å². The first-order valence-corrected chi connectivity index (χ1v) is 11.4. The number of aryl methyl sites for hydroxylation is 1. The van der Waals surface area contributed by atoms with E-state index >= 15 is 0 Å². The van der Waals surface area contributed by atoms with Crippen molar-refractivity contribution < 1.29 is 22.7 Å². The van der Waals surface area contributed by atoms with Gasteiger partial charge in [0.1, 0.15) is 11.6 Å². The van der Waals surface area contributed by atoms with Crippen LogP contribution in [0.25, 0.3) is 11.1 Å². The summed E-state index contributed by atoms with van der Waals surface area (Å²) >= 11 is 0. The van der Waals surface area contributed by atoms with Crippen LogP contribution in [-0.2, 0) is 0 Å². The molecule has 1 saturated heterocycles. The second-order valence-electron chi connectivity index (χ2n) is 8.39. The van der Waals surface area contributed by atoms with E-state index in [0.29, 0.717) is 16.8 Å². The van der Waals surface area contributed by atoms with E-state index < -0.39 is 6.36 Å². The van der Waals surface area contributed by atoms with Crippen LogP contribution in [0.1, 0.15) is 22.8 Å². The molecule has 35 heavy (non-hydrogen) atoms. The number of halogens is 3. The quantitative estimate of drug-likeness (QED) is 0.511. The molecule has 3 aromatic rings. The van der Waals surface area contributed by atoms with Gasteiger partial charge in [-0.15, -0.1) is 13.2 Å². The average molecular weight is 485 g/mol. The number of piperazine rings is 1. The molecule has 0 unspecified atom stereocenters. The van der Waals surface area contributed by atoms with E-state index in [1.165, 1.54) is 12.1 Å². The lowest BCUT2D eigenvalue weighted by atomic mass is 10.00. The molecule has 6 nitrogen and oxygen atoms in total. The summed E-state index contributed by atoms with van der Waals surface area (Å²) in [5, 5.41) is 2.87. The molecule has 0 spiro atoms. The van der Waals surface area contributed by atoms with Crippen LogP contribution in [0, 0.1) is 6.92 Å². The summed E-state index contributed by atoms with van der Waals surface area (Å²) in [6.45, 7) is 8.70. The molecule has 1 N–H and O–H groups in total. The van der Waals surface area contributed by atoms with Gasteiger partial charge in [0.2, 0.25) is 0 Å². The van der Waals surface area contributed by atoms with Gasteiger partial charge in [-0.1, -0.05) is 25.1 Å². The number of alkyl halides is 3. The summed E-state index contributed by atoms with van der Waals surface area (Å²) in [4.78, 5) is 21.9. The number of ether oxygens (including phenoxy) is 1. The van der Waals surface area contributed by atoms with Crippen LogP contribution >= 0.6 is 0 Å². The molecular weight excluding hydrogens is 457 g/mol. The summed E-state index contributed by atoms with van der Waals surface area (Å²) in [5.41, 5.74) is 3.14. The topological polar surface area (TPSA) is 57.7 Å². The van der Waals surface area contributed by atoms with Gasteiger partial charge in [0.25, 0.3) is 5.91 Å². The lowest BCUT2D eigenvalue weighted by Gasteiger charge is -2.34. The molecule has 184 valence electrons. The summed E-state index contributed by atoms with van der Waals surface area (Å²) in [6.07, 6.45) is -3.17. The number of carbonyl (C=O) groups excluding carboxylic acids is 1. The van der Waals surface area contributed by atoms with E-state index in [4.69, 9.17) is 0 Å². The number of aromatic nitrogens is 1. The Morgan fingerprint density at radius 1 is 1.06 bits per heavy atom. The van der Waals surface area contributed by atoms with Crippen LogP contribution in [0.2, 0.25) is 0 Å². The molecule has 2 heterocycles. The predicted molar refractivity (Wildman–Crippen MR) is 130 cm³/mol. The fourth-order valence-corrected chi connectivity index (χ4v) is 4.13. The van der Waals surface area contributed by atoms with Crippen molar-refractivity contribution in [3.05, 3.63) is 71.9 Å². The molecule has 0 saturated carbocycles. The first-order chi connectivity index (χ1) is 16.7. The normalized spacial score (nSPS) is 14.6. The van der Waals surface area contributed by atoms with Crippen molar-refractivity contribution >= 4 is 17.4 Å². The largest absolute Gasteiger partial charge is 0.573 e. The Kier molecular flexibility index (Phi) is 7.25. The van der Waals surface area contributed by atoms with Crippen LogP contribution in [-0.4, -0.2) is 54.9 Å². The van der Waals surface area contributed by atoms with Crippen molar-refractivity contribution in [3.8, 4) is 16.9 Å². The lowest BCUT2D eigenvalue weighted by molar-refractivity contribution is -0.274.